The van der Waals surface area contributed by atoms with Crippen LogP contribution in [0, 0.1) is 0 Å². The highest BCUT2D eigenvalue weighted by Gasteiger charge is 2.36. The van der Waals surface area contributed by atoms with E-state index in [1.54, 1.807) is 4.90 Å². The van der Waals surface area contributed by atoms with Gasteiger partial charge in [0.05, 0.1) is 5.75 Å². The van der Waals surface area contributed by atoms with Crippen LogP contribution in [-0.4, -0.2) is 47.0 Å². The van der Waals surface area contributed by atoms with E-state index in [0.717, 1.165) is 31.5 Å². The molecular formula is C15H17ClN2O2S. The SMILES string of the molecule is O=C(CN1C(=O)CS[C@H]1c1ccccc1Cl)N1CCCC1. The Morgan fingerprint density at radius 3 is 2.71 bits per heavy atom. The van der Waals surface area contributed by atoms with Crippen molar-refractivity contribution >= 4 is 35.2 Å². The Bertz CT molecular complexity index is 560. The average Bonchev–Trinajstić information content (AvgIpc) is 3.11. The summed E-state index contributed by atoms with van der Waals surface area (Å²) in [6.07, 6.45) is 2.12. The molecule has 0 saturated carbocycles. The lowest BCUT2D eigenvalue weighted by Gasteiger charge is -2.26. The van der Waals surface area contributed by atoms with Gasteiger partial charge in [0.15, 0.2) is 0 Å². The summed E-state index contributed by atoms with van der Waals surface area (Å²) in [6.45, 7) is 1.78. The summed E-state index contributed by atoms with van der Waals surface area (Å²) in [5.41, 5.74) is 0.907. The first-order chi connectivity index (χ1) is 10.2. The molecule has 0 unspecified atom stereocenters. The van der Waals surface area contributed by atoms with E-state index in [0.29, 0.717) is 10.8 Å². The smallest absolute Gasteiger partial charge is 0.242 e. The Hall–Kier alpha value is -1.20. The Morgan fingerprint density at radius 1 is 1.29 bits per heavy atom. The molecule has 21 heavy (non-hydrogen) atoms. The highest BCUT2D eigenvalue weighted by molar-refractivity contribution is 8.00. The highest BCUT2D eigenvalue weighted by Crippen LogP contribution is 2.41. The van der Waals surface area contributed by atoms with Crippen LogP contribution in [0.1, 0.15) is 23.8 Å². The lowest BCUT2D eigenvalue weighted by molar-refractivity contribution is -0.138. The molecule has 1 aromatic carbocycles. The normalized spacial score (nSPS) is 22.1. The molecule has 2 aliphatic heterocycles. The average molecular weight is 325 g/mol. The zero-order valence-corrected chi connectivity index (χ0v) is 13.2. The third-order valence-corrected chi connectivity index (χ3v) is 5.49. The van der Waals surface area contributed by atoms with Gasteiger partial charge in [0.1, 0.15) is 11.9 Å². The van der Waals surface area contributed by atoms with Gasteiger partial charge in [-0.1, -0.05) is 29.8 Å². The maximum Gasteiger partial charge on any atom is 0.242 e. The van der Waals surface area contributed by atoms with Crippen molar-refractivity contribution in [1.82, 2.24) is 9.80 Å². The van der Waals surface area contributed by atoms with Crippen molar-refractivity contribution in [2.45, 2.75) is 18.2 Å². The predicted octanol–water partition coefficient (Wildman–Crippen LogP) is 2.54. The first kappa shape index (κ1) is 14.7. The molecule has 112 valence electrons. The lowest BCUT2D eigenvalue weighted by Crippen LogP contribution is -2.40. The molecule has 4 nitrogen and oxygen atoms in total. The number of carbonyl (C=O) groups is 2. The number of carbonyl (C=O) groups excluding carboxylic acids is 2. The molecule has 0 aromatic heterocycles. The molecule has 0 aliphatic carbocycles. The van der Waals surface area contributed by atoms with Crippen LogP contribution in [0.5, 0.6) is 0 Å². The van der Waals surface area contributed by atoms with Crippen molar-refractivity contribution in [3.8, 4) is 0 Å². The maximum absolute atomic E-state index is 12.3. The van der Waals surface area contributed by atoms with Gasteiger partial charge in [-0.3, -0.25) is 9.59 Å². The molecule has 0 spiro atoms. The number of thioether (sulfide) groups is 1. The fourth-order valence-electron chi connectivity index (χ4n) is 2.77. The molecule has 6 heteroatoms. The number of nitrogens with zero attached hydrogens (tertiary/aromatic N) is 2. The molecule has 1 atom stereocenters. The quantitative estimate of drug-likeness (QED) is 0.858. The van der Waals surface area contributed by atoms with Crippen LogP contribution in [0.4, 0.5) is 0 Å². The number of rotatable bonds is 3. The summed E-state index contributed by atoms with van der Waals surface area (Å²) in [5.74, 6) is 0.460. The van der Waals surface area contributed by atoms with Gasteiger partial charge in [0, 0.05) is 23.7 Å². The van der Waals surface area contributed by atoms with Crippen LogP contribution >= 0.6 is 23.4 Å². The summed E-state index contributed by atoms with van der Waals surface area (Å²) in [5, 5.41) is 0.487. The number of hydrogen-bond acceptors (Lipinski definition) is 3. The molecule has 2 saturated heterocycles. The van der Waals surface area contributed by atoms with Gasteiger partial charge in [0.25, 0.3) is 0 Å². The number of halogens is 1. The van der Waals surface area contributed by atoms with E-state index < -0.39 is 0 Å². The topological polar surface area (TPSA) is 40.6 Å². The first-order valence-corrected chi connectivity index (χ1v) is 8.53. The monoisotopic (exact) mass is 324 g/mol. The van der Waals surface area contributed by atoms with Gasteiger partial charge in [-0.25, -0.2) is 0 Å². The second-order valence-electron chi connectivity index (χ2n) is 5.29. The van der Waals surface area contributed by atoms with Gasteiger partial charge in [-0.2, -0.15) is 0 Å². The Balaban J connectivity index is 1.76. The van der Waals surface area contributed by atoms with E-state index in [-0.39, 0.29) is 23.7 Å². The van der Waals surface area contributed by atoms with Crippen LogP contribution in [-0.2, 0) is 9.59 Å². The van der Waals surface area contributed by atoms with Crippen molar-refractivity contribution in [2.75, 3.05) is 25.4 Å². The predicted molar refractivity (Wildman–Crippen MR) is 84.2 cm³/mol. The molecule has 0 radical (unpaired) electrons. The van der Waals surface area contributed by atoms with Gasteiger partial charge in [-0.15, -0.1) is 11.8 Å². The Kier molecular flexibility index (Phi) is 4.40. The minimum atomic E-state index is -0.155. The number of likely N-dealkylation sites (tertiary alicyclic amines) is 1. The van der Waals surface area contributed by atoms with Crippen molar-refractivity contribution in [3.05, 3.63) is 34.9 Å². The van der Waals surface area contributed by atoms with Crippen LogP contribution in [0.3, 0.4) is 0 Å². The highest BCUT2D eigenvalue weighted by atomic mass is 35.5. The molecular weight excluding hydrogens is 308 g/mol. The van der Waals surface area contributed by atoms with E-state index >= 15 is 0 Å². The zero-order chi connectivity index (χ0) is 14.8. The standard InChI is InChI=1S/C15H17ClN2O2S/c16-12-6-2-1-5-11(12)15-18(14(20)10-21-15)9-13(19)17-7-3-4-8-17/h1-2,5-6,15H,3-4,7-10H2/t15-/m0/s1. The summed E-state index contributed by atoms with van der Waals surface area (Å²) in [4.78, 5) is 27.9. The van der Waals surface area contributed by atoms with E-state index in [9.17, 15) is 9.59 Å². The molecule has 0 bridgehead atoms. The summed E-state index contributed by atoms with van der Waals surface area (Å²) < 4.78 is 0. The molecule has 2 heterocycles. The van der Waals surface area contributed by atoms with Crippen molar-refractivity contribution in [3.63, 3.8) is 0 Å². The fraction of sp³-hybridized carbons (Fsp3) is 0.467. The lowest BCUT2D eigenvalue weighted by atomic mass is 10.2. The fourth-order valence-corrected chi connectivity index (χ4v) is 4.30. The van der Waals surface area contributed by atoms with E-state index in [1.165, 1.54) is 11.8 Å². The molecule has 2 fully saturated rings. The van der Waals surface area contributed by atoms with Crippen molar-refractivity contribution in [2.24, 2.45) is 0 Å². The number of amides is 2. The number of hydrogen-bond donors (Lipinski definition) is 0. The van der Waals surface area contributed by atoms with Crippen LogP contribution in [0.15, 0.2) is 24.3 Å². The second kappa shape index (κ2) is 6.28. The molecule has 0 N–H and O–H groups in total. The van der Waals surface area contributed by atoms with Crippen LogP contribution in [0.25, 0.3) is 0 Å². The van der Waals surface area contributed by atoms with Crippen LogP contribution in [0.2, 0.25) is 5.02 Å². The largest absolute Gasteiger partial charge is 0.341 e. The van der Waals surface area contributed by atoms with Crippen molar-refractivity contribution in [1.29, 1.82) is 0 Å². The minimum Gasteiger partial charge on any atom is -0.341 e. The molecule has 1 aromatic rings. The minimum absolute atomic E-state index is 0.0115. The van der Waals surface area contributed by atoms with E-state index in [4.69, 9.17) is 11.6 Å². The maximum atomic E-state index is 12.3. The van der Waals surface area contributed by atoms with Gasteiger partial charge < -0.3 is 9.80 Å². The molecule has 2 amide bonds. The van der Waals surface area contributed by atoms with E-state index in [1.807, 2.05) is 29.2 Å². The van der Waals surface area contributed by atoms with Crippen LogP contribution < -0.4 is 0 Å². The van der Waals surface area contributed by atoms with Crippen molar-refractivity contribution < 1.29 is 9.59 Å². The third kappa shape index (κ3) is 3.04. The first-order valence-electron chi connectivity index (χ1n) is 7.10. The second-order valence-corrected chi connectivity index (χ2v) is 6.77. The van der Waals surface area contributed by atoms with Gasteiger partial charge >= 0.3 is 0 Å². The summed E-state index contributed by atoms with van der Waals surface area (Å²) >= 11 is 7.77. The molecule has 2 aliphatic rings. The van der Waals surface area contributed by atoms with Gasteiger partial charge in [-0.05, 0) is 18.9 Å². The molecule has 3 rings (SSSR count). The zero-order valence-electron chi connectivity index (χ0n) is 11.6. The Labute approximate surface area is 133 Å². The summed E-state index contributed by atoms with van der Waals surface area (Å²) in [7, 11) is 0. The number of benzene rings is 1. The summed E-state index contributed by atoms with van der Waals surface area (Å²) in [6, 6.07) is 7.52. The Morgan fingerprint density at radius 2 is 2.00 bits per heavy atom. The third-order valence-electron chi connectivity index (χ3n) is 3.90. The van der Waals surface area contributed by atoms with Gasteiger partial charge in [0.2, 0.25) is 11.8 Å². The van der Waals surface area contributed by atoms with E-state index in [2.05, 4.69) is 0 Å².